The number of carbonyl (C=O) groups excluding carboxylic acids is 2. The quantitative estimate of drug-likeness (QED) is 0.262. The Hall–Kier alpha value is -4.01. The van der Waals surface area contributed by atoms with E-state index < -0.39 is 5.54 Å². The van der Waals surface area contributed by atoms with Crippen LogP contribution in [0.5, 0.6) is 0 Å². The molecular weight excluding hydrogens is 500 g/mol. The molecule has 11 heteroatoms. The van der Waals surface area contributed by atoms with Gasteiger partial charge in [0.2, 0.25) is 11.8 Å². The maximum atomic E-state index is 12.6. The number of nitrogen functional groups attached to an aromatic ring is 1. The van der Waals surface area contributed by atoms with Crippen LogP contribution >= 0.6 is 11.8 Å². The van der Waals surface area contributed by atoms with Crippen LogP contribution < -0.4 is 16.8 Å². The number of hydrogen-bond acceptors (Lipinski definition) is 9. The third kappa shape index (κ3) is 7.27. The van der Waals surface area contributed by atoms with Gasteiger partial charge in [-0.15, -0.1) is 0 Å². The van der Waals surface area contributed by atoms with Crippen LogP contribution in [0, 0.1) is 11.3 Å². The number of nitrogens with two attached hydrogens (primary N) is 2. The van der Waals surface area contributed by atoms with E-state index in [9.17, 15) is 14.9 Å². The highest BCUT2D eigenvalue weighted by Gasteiger charge is 2.25. The van der Waals surface area contributed by atoms with Crippen LogP contribution in [0.3, 0.4) is 0 Å². The van der Waals surface area contributed by atoms with Crippen molar-refractivity contribution in [3.8, 4) is 17.3 Å². The highest BCUT2D eigenvalue weighted by Crippen LogP contribution is 2.29. The molecule has 0 aliphatic carbocycles. The molecule has 198 valence electrons. The largest absolute Gasteiger partial charge is 0.382 e. The second-order valence-corrected chi connectivity index (χ2v) is 10.3. The summed E-state index contributed by atoms with van der Waals surface area (Å²) in [7, 11) is 1.77. The van der Waals surface area contributed by atoms with E-state index in [1.165, 1.54) is 18.7 Å². The predicted octanol–water partition coefficient (Wildman–Crippen LogP) is 3.37. The van der Waals surface area contributed by atoms with E-state index in [1.54, 1.807) is 36.2 Å². The summed E-state index contributed by atoms with van der Waals surface area (Å²) in [5.41, 5.74) is 15.0. The van der Waals surface area contributed by atoms with Crippen molar-refractivity contribution in [1.29, 1.82) is 5.26 Å². The van der Waals surface area contributed by atoms with Crippen LogP contribution in [0.25, 0.3) is 11.3 Å². The molecule has 0 atom stereocenters. The Morgan fingerprint density at radius 3 is 2.42 bits per heavy atom. The zero-order valence-electron chi connectivity index (χ0n) is 22.0. The van der Waals surface area contributed by atoms with Crippen LogP contribution in [-0.2, 0) is 21.8 Å². The van der Waals surface area contributed by atoms with Crippen molar-refractivity contribution < 1.29 is 9.59 Å². The van der Waals surface area contributed by atoms with Crippen molar-refractivity contribution in [3.63, 3.8) is 0 Å². The summed E-state index contributed by atoms with van der Waals surface area (Å²) < 4.78 is 0. The van der Waals surface area contributed by atoms with E-state index in [0.29, 0.717) is 47.2 Å². The molecule has 2 amide bonds. The minimum atomic E-state index is -0.404. The van der Waals surface area contributed by atoms with Crippen molar-refractivity contribution in [2.45, 2.75) is 50.1 Å². The fraction of sp³-hybridized carbons (Fsp3) is 0.333. The lowest BCUT2D eigenvalue weighted by Gasteiger charge is -2.34. The first kappa shape index (κ1) is 28.6. The molecule has 2 heterocycles. The van der Waals surface area contributed by atoms with Gasteiger partial charge in [0.15, 0.2) is 5.16 Å². The third-order valence-electron chi connectivity index (χ3n) is 6.10. The van der Waals surface area contributed by atoms with E-state index in [-0.39, 0.29) is 23.2 Å². The molecule has 0 saturated heterocycles. The lowest BCUT2D eigenvalue weighted by atomic mass is 10.0. The lowest BCUT2D eigenvalue weighted by Crippen LogP contribution is -2.50. The van der Waals surface area contributed by atoms with Crippen molar-refractivity contribution in [2.75, 3.05) is 24.6 Å². The molecule has 3 rings (SSSR count). The molecule has 0 radical (unpaired) electrons. The summed E-state index contributed by atoms with van der Waals surface area (Å²) >= 11 is 1.35. The minimum absolute atomic E-state index is 0.0149. The highest BCUT2D eigenvalue weighted by molar-refractivity contribution is 7.98. The van der Waals surface area contributed by atoms with Crippen molar-refractivity contribution in [2.24, 2.45) is 5.73 Å². The van der Waals surface area contributed by atoms with Gasteiger partial charge in [-0.3, -0.25) is 14.6 Å². The Balaban J connectivity index is 1.72. The normalized spacial score (nSPS) is 11.1. The maximum absolute atomic E-state index is 12.6. The molecule has 3 aromatic rings. The first-order valence-electron chi connectivity index (χ1n) is 12.0. The third-order valence-corrected chi connectivity index (χ3v) is 6.98. The summed E-state index contributed by atoms with van der Waals surface area (Å²) in [4.78, 5) is 39.1. The lowest BCUT2D eigenvalue weighted by molar-refractivity contribution is -0.134. The number of likely N-dealkylation sites (N-methyl/N-ethyl adjacent to an activating group) is 1. The molecule has 10 nitrogen and oxygen atoms in total. The Labute approximate surface area is 226 Å². The number of amides is 2. The smallest absolute Gasteiger partial charge is 0.223 e. The van der Waals surface area contributed by atoms with Gasteiger partial charge in [-0.2, -0.15) is 5.26 Å². The zero-order valence-corrected chi connectivity index (χ0v) is 22.8. The summed E-state index contributed by atoms with van der Waals surface area (Å²) in [6.45, 7) is 5.69. The number of aromatic nitrogens is 3. The van der Waals surface area contributed by atoms with Gasteiger partial charge in [-0.05, 0) is 44.5 Å². The molecule has 0 fully saturated rings. The van der Waals surface area contributed by atoms with Gasteiger partial charge < -0.3 is 21.7 Å². The van der Waals surface area contributed by atoms with Crippen molar-refractivity contribution in [1.82, 2.24) is 19.9 Å². The molecule has 0 unspecified atom stereocenters. The van der Waals surface area contributed by atoms with E-state index in [1.807, 2.05) is 32.0 Å². The maximum Gasteiger partial charge on any atom is 0.223 e. The molecule has 38 heavy (non-hydrogen) atoms. The molecule has 5 N–H and O–H groups in total. The van der Waals surface area contributed by atoms with Gasteiger partial charge in [0.25, 0.3) is 0 Å². The van der Waals surface area contributed by atoms with Crippen LogP contribution in [0.1, 0.15) is 44.1 Å². The van der Waals surface area contributed by atoms with Crippen LogP contribution in [0.15, 0.2) is 47.6 Å². The van der Waals surface area contributed by atoms with Crippen molar-refractivity contribution in [3.05, 3.63) is 59.4 Å². The number of nitrogens with one attached hydrogen (secondary N) is 1. The predicted molar refractivity (Wildman–Crippen MR) is 149 cm³/mol. The minimum Gasteiger partial charge on any atom is -0.382 e. The number of thioether (sulfide) groups is 1. The summed E-state index contributed by atoms with van der Waals surface area (Å²) in [5.74, 6) is 0.415. The van der Waals surface area contributed by atoms with Gasteiger partial charge in [0, 0.05) is 55.2 Å². The number of pyridine rings is 1. The van der Waals surface area contributed by atoms with Crippen LogP contribution in [0.2, 0.25) is 0 Å². The molecule has 2 aromatic heterocycles. The summed E-state index contributed by atoms with van der Waals surface area (Å²) in [6.07, 6.45) is 0.851. The number of benzene rings is 1. The van der Waals surface area contributed by atoms with Crippen molar-refractivity contribution >= 4 is 35.1 Å². The van der Waals surface area contributed by atoms with E-state index >= 15 is 0 Å². The van der Waals surface area contributed by atoms with Crippen LogP contribution in [-0.4, -0.2) is 50.8 Å². The SMILES string of the molecule is CC(=O)Nc1ccc(-c2nc(SCc3cccc(CCC(=O)N(C)C(C)(C)CN)n3)nc(N)c2C#N)cc1. The molecular formula is C27H32N8O2S. The zero-order chi connectivity index (χ0) is 27.9. The first-order chi connectivity index (χ1) is 18.0. The number of carbonyl (C=O) groups is 2. The van der Waals surface area contributed by atoms with Gasteiger partial charge in [-0.25, -0.2) is 9.97 Å². The summed E-state index contributed by atoms with van der Waals surface area (Å²) in [5, 5.41) is 12.8. The topological polar surface area (TPSA) is 164 Å². The average molecular weight is 533 g/mol. The highest BCUT2D eigenvalue weighted by atomic mass is 32.2. The Morgan fingerprint density at radius 2 is 1.79 bits per heavy atom. The molecule has 0 bridgehead atoms. The standard InChI is InChI=1S/C27H32N8O2S/c1-17(36)31-20-10-8-18(9-11-20)24-22(14-28)25(30)34-26(33-24)38-15-21-7-5-6-19(32-21)12-13-23(37)35(4)27(2,3)16-29/h5-11H,12-13,15-16,29H2,1-4H3,(H,31,36)(H2,30,33,34). The number of anilines is 2. The molecule has 0 aliphatic heterocycles. The molecule has 0 aliphatic rings. The summed E-state index contributed by atoms with van der Waals surface area (Å²) in [6, 6.07) is 14.8. The van der Waals surface area contributed by atoms with Gasteiger partial charge >= 0.3 is 0 Å². The first-order valence-corrected chi connectivity index (χ1v) is 13.0. The fourth-order valence-corrected chi connectivity index (χ4v) is 4.28. The van der Waals surface area contributed by atoms with E-state index in [2.05, 4.69) is 26.3 Å². The average Bonchev–Trinajstić information content (AvgIpc) is 2.90. The van der Waals surface area contributed by atoms with Gasteiger partial charge in [0.05, 0.1) is 11.4 Å². The fourth-order valence-electron chi connectivity index (χ4n) is 3.52. The van der Waals surface area contributed by atoms with Gasteiger partial charge in [-0.1, -0.05) is 30.0 Å². The van der Waals surface area contributed by atoms with Gasteiger partial charge in [0.1, 0.15) is 17.5 Å². The van der Waals surface area contributed by atoms with E-state index in [0.717, 1.165) is 11.4 Å². The number of rotatable bonds is 10. The number of nitrogens with zero attached hydrogens (tertiary/aromatic N) is 5. The second-order valence-electron chi connectivity index (χ2n) is 9.36. The van der Waals surface area contributed by atoms with Crippen LogP contribution in [0.4, 0.5) is 11.5 Å². The molecule has 0 spiro atoms. The Morgan fingerprint density at radius 1 is 1.11 bits per heavy atom. The van der Waals surface area contributed by atoms with E-state index in [4.69, 9.17) is 11.5 Å². The second kappa shape index (κ2) is 12.5. The number of nitriles is 1. The molecule has 0 saturated carbocycles. The Kier molecular flexibility index (Phi) is 9.39. The monoisotopic (exact) mass is 532 g/mol. The number of aryl methyl sites for hydroxylation is 1. The Bertz CT molecular complexity index is 1350. The number of hydrogen-bond donors (Lipinski definition) is 3. The molecule has 1 aromatic carbocycles.